The summed E-state index contributed by atoms with van der Waals surface area (Å²) >= 11 is 0. The monoisotopic (exact) mass is 316 g/mol. The highest BCUT2D eigenvalue weighted by Crippen LogP contribution is 2.61. The smallest absolute Gasteiger partial charge is 0.0263 e. The maximum Gasteiger partial charge on any atom is -0.0263 e. The SMILES string of the molecule is C=CCCC(C)(C1CCCC1)C1CC(CCC)C2CCCCC21. The Morgan fingerprint density at radius 1 is 1.00 bits per heavy atom. The van der Waals surface area contributed by atoms with E-state index >= 15 is 0 Å². The zero-order valence-electron chi connectivity index (χ0n) is 15.9. The number of fused-ring (bicyclic) bond motifs is 1. The summed E-state index contributed by atoms with van der Waals surface area (Å²) in [6.07, 6.45) is 21.4. The fourth-order valence-corrected chi connectivity index (χ4v) is 7.10. The van der Waals surface area contributed by atoms with Gasteiger partial charge in [-0.1, -0.05) is 58.4 Å². The minimum absolute atomic E-state index is 0.605. The third-order valence-electron chi connectivity index (χ3n) is 8.24. The van der Waals surface area contributed by atoms with Crippen LogP contribution in [0.25, 0.3) is 0 Å². The second-order valence-corrected chi connectivity index (χ2v) is 9.32. The van der Waals surface area contributed by atoms with E-state index in [1.54, 1.807) is 19.3 Å². The summed E-state index contributed by atoms with van der Waals surface area (Å²) in [6, 6.07) is 0. The van der Waals surface area contributed by atoms with E-state index in [-0.39, 0.29) is 0 Å². The first-order valence-corrected chi connectivity index (χ1v) is 10.8. The number of hydrogen-bond acceptors (Lipinski definition) is 0. The van der Waals surface area contributed by atoms with Gasteiger partial charge in [-0.2, -0.15) is 0 Å². The lowest BCUT2D eigenvalue weighted by Gasteiger charge is -2.45. The molecule has 0 radical (unpaired) electrons. The highest BCUT2D eigenvalue weighted by Gasteiger charge is 2.52. The van der Waals surface area contributed by atoms with Crippen LogP contribution in [0.1, 0.15) is 97.3 Å². The van der Waals surface area contributed by atoms with Gasteiger partial charge in [-0.25, -0.2) is 0 Å². The normalized spacial score (nSPS) is 37.5. The standard InChI is InChI=1S/C23H40/c1-4-6-16-23(3,19-12-7-8-13-19)22-17-18(11-5-2)20-14-9-10-15-21(20)22/h4,18-22H,1,5-17H2,2-3H3. The Hall–Kier alpha value is -0.260. The average Bonchev–Trinajstić information content (AvgIpc) is 3.22. The third-order valence-corrected chi connectivity index (χ3v) is 8.24. The molecule has 5 atom stereocenters. The summed E-state index contributed by atoms with van der Waals surface area (Å²) < 4.78 is 0. The van der Waals surface area contributed by atoms with Crippen LogP contribution in [0.4, 0.5) is 0 Å². The Morgan fingerprint density at radius 3 is 2.30 bits per heavy atom. The third kappa shape index (κ3) is 3.42. The van der Waals surface area contributed by atoms with Crippen LogP contribution < -0.4 is 0 Å². The van der Waals surface area contributed by atoms with Crippen LogP contribution in [0.5, 0.6) is 0 Å². The Balaban J connectivity index is 1.83. The molecule has 0 bridgehead atoms. The molecule has 0 aromatic rings. The molecule has 0 N–H and O–H groups in total. The molecule has 23 heavy (non-hydrogen) atoms. The molecule has 3 fully saturated rings. The summed E-state index contributed by atoms with van der Waals surface area (Å²) in [6.45, 7) is 9.15. The van der Waals surface area contributed by atoms with Crippen molar-refractivity contribution in [2.45, 2.75) is 97.3 Å². The van der Waals surface area contributed by atoms with E-state index in [0.29, 0.717) is 5.41 Å². The molecule has 3 aliphatic carbocycles. The van der Waals surface area contributed by atoms with Gasteiger partial charge in [0.2, 0.25) is 0 Å². The van der Waals surface area contributed by atoms with Crippen molar-refractivity contribution in [3.05, 3.63) is 12.7 Å². The fourth-order valence-electron chi connectivity index (χ4n) is 7.10. The van der Waals surface area contributed by atoms with Crippen LogP contribution in [0.3, 0.4) is 0 Å². The van der Waals surface area contributed by atoms with Crippen LogP contribution in [-0.2, 0) is 0 Å². The zero-order valence-corrected chi connectivity index (χ0v) is 15.9. The minimum atomic E-state index is 0.605. The molecular weight excluding hydrogens is 276 g/mol. The van der Waals surface area contributed by atoms with Crippen LogP contribution in [0.2, 0.25) is 0 Å². The molecule has 0 aromatic heterocycles. The molecule has 3 saturated carbocycles. The molecule has 3 rings (SSSR count). The maximum absolute atomic E-state index is 4.04. The molecule has 0 aromatic carbocycles. The molecule has 0 heterocycles. The van der Waals surface area contributed by atoms with Gasteiger partial charge in [-0.05, 0) is 80.0 Å². The van der Waals surface area contributed by atoms with Crippen molar-refractivity contribution in [3.8, 4) is 0 Å². The van der Waals surface area contributed by atoms with Crippen LogP contribution in [0.15, 0.2) is 12.7 Å². The number of hydrogen-bond donors (Lipinski definition) is 0. The van der Waals surface area contributed by atoms with Gasteiger partial charge in [0.1, 0.15) is 0 Å². The molecule has 0 aliphatic heterocycles. The van der Waals surface area contributed by atoms with Crippen molar-refractivity contribution in [2.75, 3.05) is 0 Å². The van der Waals surface area contributed by atoms with Crippen LogP contribution >= 0.6 is 0 Å². The molecule has 0 spiro atoms. The quantitative estimate of drug-likeness (QED) is 0.429. The molecule has 0 nitrogen and oxygen atoms in total. The molecule has 132 valence electrons. The number of allylic oxidation sites excluding steroid dienone is 1. The molecule has 3 aliphatic rings. The topological polar surface area (TPSA) is 0 Å². The maximum atomic E-state index is 4.04. The second-order valence-electron chi connectivity index (χ2n) is 9.32. The van der Waals surface area contributed by atoms with E-state index in [2.05, 4.69) is 26.5 Å². The highest BCUT2D eigenvalue weighted by atomic mass is 14.6. The summed E-state index contributed by atoms with van der Waals surface area (Å²) in [5, 5.41) is 0. The highest BCUT2D eigenvalue weighted by molar-refractivity contribution is 5.02. The first kappa shape index (κ1) is 17.6. The largest absolute Gasteiger partial charge is 0.103 e. The van der Waals surface area contributed by atoms with E-state index in [4.69, 9.17) is 0 Å². The number of rotatable bonds is 7. The van der Waals surface area contributed by atoms with E-state index < -0.39 is 0 Å². The zero-order chi connectivity index (χ0) is 16.3. The lowest BCUT2D eigenvalue weighted by atomic mass is 9.59. The Bertz CT molecular complexity index is 377. The Labute approximate surface area is 145 Å². The average molecular weight is 317 g/mol. The molecule has 5 unspecified atom stereocenters. The van der Waals surface area contributed by atoms with Crippen molar-refractivity contribution in [1.29, 1.82) is 0 Å². The Morgan fingerprint density at radius 2 is 1.65 bits per heavy atom. The second kappa shape index (κ2) is 7.75. The summed E-state index contributed by atoms with van der Waals surface area (Å²) in [5.74, 6) is 5.23. The lowest BCUT2D eigenvalue weighted by molar-refractivity contribution is 0.0373. The van der Waals surface area contributed by atoms with Gasteiger partial charge in [-0.3, -0.25) is 0 Å². The van der Waals surface area contributed by atoms with Gasteiger partial charge >= 0.3 is 0 Å². The Kier molecular flexibility index (Phi) is 5.92. The van der Waals surface area contributed by atoms with Crippen molar-refractivity contribution < 1.29 is 0 Å². The predicted octanol–water partition coefficient (Wildman–Crippen LogP) is 7.39. The minimum Gasteiger partial charge on any atom is -0.103 e. The van der Waals surface area contributed by atoms with Gasteiger partial charge in [0.05, 0.1) is 0 Å². The van der Waals surface area contributed by atoms with Gasteiger partial charge in [0.15, 0.2) is 0 Å². The summed E-state index contributed by atoms with van der Waals surface area (Å²) in [7, 11) is 0. The fraction of sp³-hybridized carbons (Fsp3) is 0.913. The first-order valence-electron chi connectivity index (χ1n) is 10.8. The van der Waals surface area contributed by atoms with Crippen LogP contribution in [-0.4, -0.2) is 0 Å². The first-order chi connectivity index (χ1) is 11.2. The van der Waals surface area contributed by atoms with E-state index in [1.807, 2.05) is 0 Å². The van der Waals surface area contributed by atoms with Crippen molar-refractivity contribution in [3.63, 3.8) is 0 Å². The van der Waals surface area contributed by atoms with E-state index in [1.165, 1.54) is 64.2 Å². The predicted molar refractivity (Wildman–Crippen MR) is 101 cm³/mol. The molecule has 0 amide bonds. The summed E-state index contributed by atoms with van der Waals surface area (Å²) in [4.78, 5) is 0. The van der Waals surface area contributed by atoms with Gasteiger partial charge in [0, 0.05) is 0 Å². The lowest BCUT2D eigenvalue weighted by Crippen LogP contribution is -2.38. The van der Waals surface area contributed by atoms with Gasteiger partial charge in [0.25, 0.3) is 0 Å². The van der Waals surface area contributed by atoms with E-state index in [0.717, 1.165) is 29.6 Å². The van der Waals surface area contributed by atoms with E-state index in [9.17, 15) is 0 Å². The summed E-state index contributed by atoms with van der Waals surface area (Å²) in [5.41, 5.74) is 0.605. The van der Waals surface area contributed by atoms with Crippen LogP contribution in [0, 0.1) is 35.0 Å². The molecular formula is C23H40. The van der Waals surface area contributed by atoms with Crippen molar-refractivity contribution in [1.82, 2.24) is 0 Å². The molecule has 0 heteroatoms. The van der Waals surface area contributed by atoms with Gasteiger partial charge in [-0.15, -0.1) is 6.58 Å². The van der Waals surface area contributed by atoms with Crippen molar-refractivity contribution in [2.24, 2.45) is 35.0 Å². The van der Waals surface area contributed by atoms with Gasteiger partial charge < -0.3 is 0 Å². The van der Waals surface area contributed by atoms with Crippen molar-refractivity contribution >= 4 is 0 Å². The molecule has 0 saturated heterocycles.